The summed E-state index contributed by atoms with van der Waals surface area (Å²) in [5, 5.41) is 3.57. The summed E-state index contributed by atoms with van der Waals surface area (Å²) in [4.78, 5) is 31.2. The number of hydrogen-bond donors (Lipinski definition) is 1. The Labute approximate surface area is 206 Å². The monoisotopic (exact) mass is 489 g/mol. The third kappa shape index (κ3) is 6.24. The zero-order valence-electron chi connectivity index (χ0n) is 19.6. The number of aryl methyl sites for hydroxylation is 2. The Kier molecular flexibility index (Phi) is 7.41. The van der Waals surface area contributed by atoms with Crippen molar-refractivity contribution in [1.82, 2.24) is 19.9 Å². The first-order chi connectivity index (χ1) is 16.9. The van der Waals surface area contributed by atoms with Crippen LogP contribution in [0.4, 0.5) is 5.69 Å². The van der Waals surface area contributed by atoms with Gasteiger partial charge in [-0.15, -0.1) is 0 Å². The third-order valence-electron chi connectivity index (χ3n) is 4.69. The molecule has 0 aliphatic carbocycles. The number of nitrogens with zero attached hydrogens (tertiary/aromatic N) is 4. The number of nitrogens with one attached hydrogen (secondary N) is 1. The second-order valence-electron chi connectivity index (χ2n) is 7.35. The minimum Gasteiger partial charge on any atom is -0.481 e. The minimum atomic E-state index is -0.339. The lowest BCUT2D eigenvalue weighted by atomic mass is 10.2. The molecule has 35 heavy (non-hydrogen) atoms. The normalized spacial score (nSPS) is 10.5. The summed E-state index contributed by atoms with van der Waals surface area (Å²) < 4.78 is 16.1. The number of amides is 1. The molecule has 178 valence electrons. The lowest BCUT2D eigenvalue weighted by molar-refractivity contribution is 0.102. The Morgan fingerprint density at radius 1 is 0.829 bits per heavy atom. The van der Waals surface area contributed by atoms with Crippen molar-refractivity contribution in [2.45, 2.75) is 23.9 Å². The molecule has 1 N–H and O–H groups in total. The number of carbonyl (C=O) groups is 1. The second-order valence-corrected chi connectivity index (χ2v) is 8.39. The minimum absolute atomic E-state index is 0.00330. The molecule has 2 aromatic carbocycles. The molecule has 0 aliphatic heterocycles. The molecule has 0 fully saturated rings. The van der Waals surface area contributed by atoms with Crippen LogP contribution in [0.25, 0.3) is 0 Å². The maximum atomic E-state index is 13.0. The molecule has 4 aromatic rings. The van der Waals surface area contributed by atoms with Crippen molar-refractivity contribution in [2.24, 2.45) is 0 Å². The zero-order valence-corrected chi connectivity index (χ0v) is 20.4. The van der Waals surface area contributed by atoms with Crippen LogP contribution in [0, 0.1) is 13.8 Å². The van der Waals surface area contributed by atoms with E-state index in [0.29, 0.717) is 22.2 Å². The molecule has 0 saturated heterocycles. The Hall–Kier alpha value is -4.18. The van der Waals surface area contributed by atoms with E-state index in [2.05, 4.69) is 25.3 Å². The van der Waals surface area contributed by atoms with Gasteiger partial charge in [0.25, 0.3) is 5.91 Å². The van der Waals surface area contributed by atoms with E-state index in [1.807, 2.05) is 44.2 Å². The number of methoxy groups -OCH3 is 2. The first kappa shape index (κ1) is 24.0. The van der Waals surface area contributed by atoms with Gasteiger partial charge >= 0.3 is 6.01 Å². The van der Waals surface area contributed by atoms with E-state index in [9.17, 15) is 4.79 Å². The Balaban J connectivity index is 1.48. The van der Waals surface area contributed by atoms with Crippen molar-refractivity contribution in [3.63, 3.8) is 0 Å². The van der Waals surface area contributed by atoms with Crippen LogP contribution in [0.5, 0.6) is 23.5 Å². The van der Waals surface area contributed by atoms with Gasteiger partial charge in [-0.1, -0.05) is 12.1 Å². The fraction of sp³-hybridized carbons (Fsp3) is 0.160. The molecular formula is C25H23N5O4S. The van der Waals surface area contributed by atoms with Gasteiger partial charge in [0.15, 0.2) is 5.16 Å². The predicted octanol–water partition coefficient (Wildman–Crippen LogP) is 5.10. The van der Waals surface area contributed by atoms with E-state index in [-0.39, 0.29) is 23.7 Å². The number of anilines is 1. The van der Waals surface area contributed by atoms with Crippen molar-refractivity contribution in [3.8, 4) is 23.5 Å². The molecule has 0 aliphatic rings. The van der Waals surface area contributed by atoms with Crippen molar-refractivity contribution < 1.29 is 19.0 Å². The van der Waals surface area contributed by atoms with E-state index < -0.39 is 0 Å². The van der Waals surface area contributed by atoms with E-state index in [4.69, 9.17) is 14.2 Å². The summed E-state index contributed by atoms with van der Waals surface area (Å²) in [7, 11) is 2.96. The molecule has 0 unspecified atom stereocenters. The lowest BCUT2D eigenvalue weighted by Gasteiger charge is -2.12. The van der Waals surface area contributed by atoms with Crippen molar-refractivity contribution in [3.05, 3.63) is 77.6 Å². The highest BCUT2D eigenvalue weighted by Gasteiger charge is 2.16. The van der Waals surface area contributed by atoms with E-state index in [1.54, 1.807) is 24.3 Å². The molecule has 0 radical (unpaired) electrons. The van der Waals surface area contributed by atoms with Gasteiger partial charge < -0.3 is 19.5 Å². The fourth-order valence-electron chi connectivity index (χ4n) is 3.13. The topological polar surface area (TPSA) is 108 Å². The lowest BCUT2D eigenvalue weighted by Crippen LogP contribution is -2.13. The van der Waals surface area contributed by atoms with Crippen molar-refractivity contribution in [1.29, 1.82) is 0 Å². The van der Waals surface area contributed by atoms with Gasteiger partial charge in [-0.05, 0) is 68.1 Å². The summed E-state index contributed by atoms with van der Waals surface area (Å²) in [5.41, 5.74) is 2.79. The highest BCUT2D eigenvalue weighted by atomic mass is 32.2. The SMILES string of the molecule is COc1cc(OC)nc(Oc2ccccc2C(=O)Nc2ccc(Sc3nc(C)cc(C)n3)cc2)n1. The number of rotatable bonds is 8. The first-order valence-electron chi connectivity index (χ1n) is 10.6. The number of carbonyl (C=O) groups excluding carboxylic acids is 1. The Morgan fingerprint density at radius 3 is 2.09 bits per heavy atom. The smallest absolute Gasteiger partial charge is 0.328 e. The van der Waals surface area contributed by atoms with Crippen LogP contribution in [-0.2, 0) is 0 Å². The van der Waals surface area contributed by atoms with Gasteiger partial charge in [0.1, 0.15) is 5.75 Å². The summed E-state index contributed by atoms with van der Waals surface area (Å²) in [6.07, 6.45) is 0. The molecule has 0 atom stereocenters. The second kappa shape index (κ2) is 10.8. The molecule has 2 heterocycles. The molecule has 4 rings (SSSR count). The number of para-hydroxylation sites is 1. The van der Waals surface area contributed by atoms with Crippen LogP contribution in [0.15, 0.2) is 70.7 Å². The maximum absolute atomic E-state index is 13.0. The van der Waals surface area contributed by atoms with Crippen LogP contribution in [0.3, 0.4) is 0 Å². The largest absolute Gasteiger partial charge is 0.481 e. The number of benzene rings is 2. The zero-order chi connectivity index (χ0) is 24.8. The summed E-state index contributed by atoms with van der Waals surface area (Å²) in [5.74, 6) is 0.504. The Bertz CT molecular complexity index is 1310. The molecule has 2 aromatic heterocycles. The molecule has 1 amide bonds. The quantitative estimate of drug-likeness (QED) is 0.338. The average Bonchev–Trinajstić information content (AvgIpc) is 2.84. The molecule has 0 bridgehead atoms. The van der Waals surface area contributed by atoms with Gasteiger partial charge in [-0.25, -0.2) is 9.97 Å². The van der Waals surface area contributed by atoms with E-state index in [1.165, 1.54) is 32.0 Å². The van der Waals surface area contributed by atoms with Crippen LogP contribution in [0.1, 0.15) is 21.7 Å². The standard InChI is InChI=1S/C25H23N5O4S/c1-15-13-16(2)27-25(26-15)35-18-11-9-17(10-12-18)28-23(31)19-7-5-6-8-20(19)34-24-29-21(32-3)14-22(30-24)33-4/h5-14H,1-4H3,(H,28,31). The number of aromatic nitrogens is 4. The maximum Gasteiger partial charge on any atom is 0.328 e. The Morgan fingerprint density at radius 2 is 1.46 bits per heavy atom. The van der Waals surface area contributed by atoms with Crippen LogP contribution in [-0.4, -0.2) is 40.1 Å². The van der Waals surface area contributed by atoms with Gasteiger partial charge in [0, 0.05) is 22.0 Å². The van der Waals surface area contributed by atoms with Gasteiger partial charge in [-0.3, -0.25) is 4.79 Å². The average molecular weight is 490 g/mol. The molecule has 10 heteroatoms. The van der Waals surface area contributed by atoms with Gasteiger partial charge in [0.2, 0.25) is 11.8 Å². The van der Waals surface area contributed by atoms with Crippen LogP contribution >= 0.6 is 11.8 Å². The molecule has 0 saturated carbocycles. The summed E-state index contributed by atoms with van der Waals surface area (Å²) >= 11 is 1.46. The van der Waals surface area contributed by atoms with E-state index in [0.717, 1.165) is 16.3 Å². The van der Waals surface area contributed by atoms with Crippen LogP contribution < -0.4 is 19.5 Å². The predicted molar refractivity (Wildman–Crippen MR) is 132 cm³/mol. The molecular weight excluding hydrogens is 466 g/mol. The summed E-state index contributed by atoms with van der Waals surface area (Å²) in [6.45, 7) is 3.88. The van der Waals surface area contributed by atoms with Gasteiger partial charge in [0.05, 0.1) is 25.8 Å². The summed E-state index contributed by atoms with van der Waals surface area (Å²) in [6, 6.07) is 17.7. The third-order valence-corrected chi connectivity index (χ3v) is 5.57. The van der Waals surface area contributed by atoms with E-state index >= 15 is 0 Å². The number of ether oxygens (including phenoxy) is 3. The first-order valence-corrected chi connectivity index (χ1v) is 11.4. The fourth-order valence-corrected chi connectivity index (χ4v) is 3.99. The molecule has 0 spiro atoms. The molecule has 9 nitrogen and oxygen atoms in total. The van der Waals surface area contributed by atoms with Crippen molar-refractivity contribution in [2.75, 3.05) is 19.5 Å². The van der Waals surface area contributed by atoms with Gasteiger partial charge in [-0.2, -0.15) is 9.97 Å². The highest BCUT2D eigenvalue weighted by molar-refractivity contribution is 7.99. The number of hydrogen-bond acceptors (Lipinski definition) is 9. The van der Waals surface area contributed by atoms with Crippen LogP contribution in [0.2, 0.25) is 0 Å². The van der Waals surface area contributed by atoms with Crippen molar-refractivity contribution >= 4 is 23.4 Å². The highest BCUT2D eigenvalue weighted by Crippen LogP contribution is 2.29.